The van der Waals surface area contributed by atoms with Crippen molar-refractivity contribution in [2.75, 3.05) is 12.4 Å². The van der Waals surface area contributed by atoms with Crippen molar-refractivity contribution in [3.63, 3.8) is 0 Å². The van der Waals surface area contributed by atoms with E-state index in [1.54, 1.807) is 62.5 Å². The Morgan fingerprint density at radius 2 is 1.65 bits per heavy atom. The van der Waals surface area contributed by atoms with E-state index >= 15 is 0 Å². The van der Waals surface area contributed by atoms with Crippen LogP contribution < -0.4 is 10.1 Å². The lowest BCUT2D eigenvalue weighted by molar-refractivity contribution is -0.144. The molecule has 0 saturated heterocycles. The lowest BCUT2D eigenvalue weighted by Gasteiger charge is -2.37. The van der Waals surface area contributed by atoms with E-state index in [1.165, 1.54) is 0 Å². The maximum Gasteiger partial charge on any atom is 0.249 e. The van der Waals surface area contributed by atoms with E-state index in [9.17, 15) is 9.59 Å². The van der Waals surface area contributed by atoms with Gasteiger partial charge >= 0.3 is 0 Å². The van der Waals surface area contributed by atoms with Crippen LogP contribution in [0.25, 0.3) is 0 Å². The monoisotopic (exact) mass is 417 g/mol. The first-order valence-corrected chi connectivity index (χ1v) is 10.1. The highest BCUT2D eigenvalue weighted by atomic mass is 16.5. The van der Waals surface area contributed by atoms with Gasteiger partial charge in [0.05, 0.1) is 13.5 Å². The van der Waals surface area contributed by atoms with Crippen LogP contribution in [0, 0.1) is 0 Å². The summed E-state index contributed by atoms with van der Waals surface area (Å²) in [5, 5.41) is 2.91. The SMILES string of the molecule is COc1ccc(NC(=O)C(C)(C)N(Cc2cccnc2)C(=O)Cc2ccccc2)cc1. The van der Waals surface area contributed by atoms with Crippen LogP contribution in [0.15, 0.2) is 79.1 Å². The summed E-state index contributed by atoms with van der Waals surface area (Å²) in [7, 11) is 1.59. The second-order valence-electron chi connectivity index (χ2n) is 7.75. The number of nitrogens with one attached hydrogen (secondary N) is 1. The summed E-state index contributed by atoms with van der Waals surface area (Å²) >= 11 is 0. The predicted octanol–water partition coefficient (Wildman–Crippen LogP) is 4.08. The maximum atomic E-state index is 13.3. The Balaban J connectivity index is 1.83. The Kier molecular flexibility index (Phi) is 7.03. The van der Waals surface area contributed by atoms with Gasteiger partial charge in [-0.15, -0.1) is 0 Å². The van der Waals surface area contributed by atoms with Gasteiger partial charge in [-0.3, -0.25) is 14.6 Å². The number of pyridine rings is 1. The van der Waals surface area contributed by atoms with Crippen LogP contribution in [-0.2, 0) is 22.6 Å². The lowest BCUT2D eigenvalue weighted by atomic mass is 9.98. The van der Waals surface area contributed by atoms with Gasteiger partial charge in [-0.25, -0.2) is 0 Å². The standard InChI is InChI=1S/C25H27N3O3/c1-25(2,24(30)27-21-11-13-22(31-3)14-12-21)28(18-20-10-7-15-26-17-20)23(29)16-19-8-5-4-6-9-19/h4-15,17H,16,18H2,1-3H3,(H,27,30). The first-order valence-electron chi connectivity index (χ1n) is 10.1. The van der Waals surface area contributed by atoms with Crippen molar-refractivity contribution < 1.29 is 14.3 Å². The zero-order chi connectivity index (χ0) is 22.3. The third-order valence-electron chi connectivity index (χ3n) is 5.14. The smallest absolute Gasteiger partial charge is 0.249 e. The van der Waals surface area contributed by atoms with Crippen LogP contribution in [0.4, 0.5) is 5.69 Å². The number of amides is 2. The summed E-state index contributed by atoms with van der Waals surface area (Å²) in [6.45, 7) is 3.79. The molecule has 0 atom stereocenters. The first-order chi connectivity index (χ1) is 14.9. The lowest BCUT2D eigenvalue weighted by Crippen LogP contribution is -2.55. The van der Waals surface area contributed by atoms with Gasteiger partial charge < -0.3 is 15.0 Å². The summed E-state index contributed by atoms with van der Waals surface area (Å²) in [4.78, 5) is 32.3. The highest BCUT2D eigenvalue weighted by Crippen LogP contribution is 2.23. The van der Waals surface area contributed by atoms with Crippen molar-refractivity contribution in [1.29, 1.82) is 0 Å². The van der Waals surface area contributed by atoms with Crippen molar-refractivity contribution >= 4 is 17.5 Å². The van der Waals surface area contributed by atoms with Crippen LogP contribution >= 0.6 is 0 Å². The molecule has 0 aliphatic heterocycles. The maximum absolute atomic E-state index is 13.3. The van der Waals surface area contributed by atoms with E-state index in [4.69, 9.17) is 4.74 Å². The molecule has 1 N–H and O–H groups in total. The minimum atomic E-state index is -1.10. The van der Waals surface area contributed by atoms with Crippen LogP contribution in [0.3, 0.4) is 0 Å². The average Bonchev–Trinajstić information content (AvgIpc) is 2.79. The molecule has 160 valence electrons. The van der Waals surface area contributed by atoms with Gasteiger partial charge in [0.1, 0.15) is 11.3 Å². The van der Waals surface area contributed by atoms with Gasteiger partial charge in [-0.1, -0.05) is 36.4 Å². The largest absolute Gasteiger partial charge is 0.497 e. The minimum absolute atomic E-state index is 0.134. The number of rotatable bonds is 8. The molecule has 1 aromatic heterocycles. The molecule has 0 spiro atoms. The molecule has 6 nitrogen and oxygen atoms in total. The number of nitrogens with zero attached hydrogens (tertiary/aromatic N) is 2. The number of hydrogen-bond acceptors (Lipinski definition) is 4. The van der Waals surface area contributed by atoms with E-state index in [1.807, 2.05) is 42.5 Å². The fourth-order valence-electron chi connectivity index (χ4n) is 3.22. The van der Waals surface area contributed by atoms with E-state index in [2.05, 4.69) is 10.3 Å². The molecular weight excluding hydrogens is 390 g/mol. The molecule has 0 bridgehead atoms. The van der Waals surface area contributed by atoms with Gasteiger partial charge in [-0.05, 0) is 55.3 Å². The Morgan fingerprint density at radius 3 is 2.26 bits per heavy atom. The normalized spacial score (nSPS) is 10.9. The van der Waals surface area contributed by atoms with Crippen molar-refractivity contribution in [1.82, 2.24) is 9.88 Å². The number of benzene rings is 2. The molecule has 0 aliphatic carbocycles. The molecule has 6 heteroatoms. The number of methoxy groups -OCH3 is 1. The number of carbonyl (C=O) groups is 2. The van der Waals surface area contributed by atoms with Gasteiger partial charge in [-0.2, -0.15) is 0 Å². The molecule has 0 saturated carbocycles. The number of hydrogen-bond donors (Lipinski definition) is 1. The summed E-state index contributed by atoms with van der Waals surface area (Å²) in [5.74, 6) is 0.293. The molecule has 0 radical (unpaired) electrons. The van der Waals surface area contributed by atoms with Gasteiger partial charge in [0.2, 0.25) is 11.8 Å². The van der Waals surface area contributed by atoms with Crippen molar-refractivity contribution in [2.45, 2.75) is 32.4 Å². The van der Waals surface area contributed by atoms with Gasteiger partial charge in [0.15, 0.2) is 0 Å². The summed E-state index contributed by atoms with van der Waals surface area (Å²) < 4.78 is 5.16. The molecule has 2 aromatic carbocycles. The molecular formula is C25H27N3O3. The average molecular weight is 418 g/mol. The molecule has 3 rings (SSSR count). The zero-order valence-corrected chi connectivity index (χ0v) is 18.0. The topological polar surface area (TPSA) is 71.5 Å². The third-order valence-corrected chi connectivity index (χ3v) is 5.14. The second kappa shape index (κ2) is 9.89. The van der Waals surface area contributed by atoms with E-state index < -0.39 is 5.54 Å². The van der Waals surface area contributed by atoms with Crippen LogP contribution in [0.1, 0.15) is 25.0 Å². The van der Waals surface area contributed by atoms with Gasteiger partial charge in [0, 0.05) is 24.6 Å². The van der Waals surface area contributed by atoms with E-state index in [0.29, 0.717) is 11.4 Å². The molecule has 1 heterocycles. The fourth-order valence-corrected chi connectivity index (χ4v) is 3.22. The molecule has 0 unspecified atom stereocenters. The predicted molar refractivity (Wildman–Crippen MR) is 121 cm³/mol. The molecule has 2 amide bonds. The van der Waals surface area contributed by atoms with Crippen LogP contribution in [0.2, 0.25) is 0 Å². The van der Waals surface area contributed by atoms with Gasteiger partial charge in [0.25, 0.3) is 0 Å². The third kappa shape index (κ3) is 5.69. The number of carbonyl (C=O) groups excluding carboxylic acids is 2. The minimum Gasteiger partial charge on any atom is -0.497 e. The number of ether oxygens (including phenoxy) is 1. The first kappa shape index (κ1) is 22.0. The zero-order valence-electron chi connectivity index (χ0n) is 18.0. The molecule has 3 aromatic rings. The second-order valence-corrected chi connectivity index (χ2v) is 7.75. The Morgan fingerprint density at radius 1 is 0.968 bits per heavy atom. The van der Waals surface area contributed by atoms with Crippen LogP contribution in [-0.4, -0.2) is 34.3 Å². The number of anilines is 1. The number of aromatic nitrogens is 1. The Labute approximate surface area is 182 Å². The van der Waals surface area contributed by atoms with E-state index in [-0.39, 0.29) is 24.8 Å². The van der Waals surface area contributed by atoms with Crippen molar-refractivity contribution in [3.8, 4) is 5.75 Å². The van der Waals surface area contributed by atoms with Crippen molar-refractivity contribution in [2.24, 2.45) is 0 Å². The molecule has 0 fully saturated rings. The highest BCUT2D eigenvalue weighted by molar-refractivity contribution is 6.00. The summed E-state index contributed by atoms with van der Waals surface area (Å²) in [6.07, 6.45) is 3.60. The van der Waals surface area contributed by atoms with E-state index in [0.717, 1.165) is 11.1 Å². The summed E-state index contributed by atoms with van der Waals surface area (Å²) in [6, 6.07) is 20.3. The van der Waals surface area contributed by atoms with Crippen molar-refractivity contribution in [3.05, 3.63) is 90.3 Å². The molecule has 31 heavy (non-hydrogen) atoms. The highest BCUT2D eigenvalue weighted by Gasteiger charge is 2.38. The molecule has 0 aliphatic rings. The Hall–Kier alpha value is -3.67. The Bertz CT molecular complexity index is 1000. The summed E-state index contributed by atoms with van der Waals surface area (Å²) in [5.41, 5.74) is 1.29. The van der Waals surface area contributed by atoms with Crippen LogP contribution in [0.5, 0.6) is 5.75 Å². The quantitative estimate of drug-likeness (QED) is 0.600. The fraction of sp³-hybridized carbons (Fsp3) is 0.240.